The number of carbonyl (C=O) groups is 1. The second-order valence-electron chi connectivity index (χ2n) is 9.28. The Balaban J connectivity index is 1.50. The fourth-order valence-electron chi connectivity index (χ4n) is 5.09. The smallest absolute Gasteiger partial charge is 0.274 e. The summed E-state index contributed by atoms with van der Waals surface area (Å²) in [5.74, 6) is -0.468. The molecule has 6 nitrogen and oxygen atoms in total. The lowest BCUT2D eigenvalue weighted by Gasteiger charge is -2.32. The van der Waals surface area contributed by atoms with Crippen LogP contribution in [0.15, 0.2) is 35.7 Å². The van der Waals surface area contributed by atoms with E-state index < -0.39 is 0 Å². The number of nitrogens with two attached hydrogens (primary N) is 1. The van der Waals surface area contributed by atoms with Gasteiger partial charge in [0.2, 0.25) is 0 Å². The minimum Gasteiger partial charge on any atom is -0.393 e. The Kier molecular flexibility index (Phi) is 6.72. The van der Waals surface area contributed by atoms with Gasteiger partial charge in [-0.2, -0.15) is 0 Å². The number of pyridine rings is 1. The molecule has 31 heavy (non-hydrogen) atoms. The third-order valence-electron chi connectivity index (χ3n) is 6.82. The van der Waals surface area contributed by atoms with Crippen molar-refractivity contribution >= 4 is 5.91 Å². The highest BCUT2D eigenvalue weighted by Crippen LogP contribution is 2.35. The number of allylic oxidation sites excluding steroid dienone is 1. The number of amides is 1. The van der Waals surface area contributed by atoms with Crippen LogP contribution < -0.4 is 16.4 Å². The van der Waals surface area contributed by atoms with Crippen LogP contribution >= 0.6 is 0 Å². The van der Waals surface area contributed by atoms with Crippen LogP contribution in [-0.2, 0) is 0 Å². The molecule has 0 saturated heterocycles. The molecule has 0 spiro atoms. The van der Waals surface area contributed by atoms with E-state index in [0.717, 1.165) is 37.0 Å². The molecule has 1 aromatic heterocycles. The SMILES string of the molecule is CC1C=C([C@@H]2CCC[C@H](N)C2)C(NC(=O)c2ccc(F)c(C3CCC(O)CC3)n2)=CN1. The molecule has 1 unspecified atom stereocenters. The van der Waals surface area contributed by atoms with E-state index in [9.17, 15) is 14.3 Å². The summed E-state index contributed by atoms with van der Waals surface area (Å²) >= 11 is 0. The Morgan fingerprint density at radius 3 is 2.71 bits per heavy atom. The monoisotopic (exact) mass is 428 g/mol. The molecule has 5 N–H and O–H groups in total. The van der Waals surface area contributed by atoms with Gasteiger partial charge in [0.15, 0.2) is 0 Å². The van der Waals surface area contributed by atoms with Crippen molar-refractivity contribution < 1.29 is 14.3 Å². The Morgan fingerprint density at radius 2 is 1.97 bits per heavy atom. The minimum atomic E-state index is -0.387. The number of dihydropyridines is 1. The van der Waals surface area contributed by atoms with Crippen LogP contribution in [0.5, 0.6) is 0 Å². The summed E-state index contributed by atoms with van der Waals surface area (Å²) in [5, 5.41) is 16.0. The van der Waals surface area contributed by atoms with E-state index in [0.29, 0.717) is 37.3 Å². The number of halogens is 1. The van der Waals surface area contributed by atoms with E-state index in [1.54, 1.807) is 0 Å². The van der Waals surface area contributed by atoms with Gasteiger partial charge in [0.05, 0.1) is 17.5 Å². The van der Waals surface area contributed by atoms with Crippen LogP contribution in [0.1, 0.15) is 80.4 Å². The maximum absolute atomic E-state index is 14.5. The van der Waals surface area contributed by atoms with Crippen molar-refractivity contribution in [3.05, 3.63) is 52.9 Å². The number of aromatic nitrogens is 1. The zero-order valence-corrected chi connectivity index (χ0v) is 18.1. The van der Waals surface area contributed by atoms with Gasteiger partial charge in [0.1, 0.15) is 11.5 Å². The Morgan fingerprint density at radius 1 is 1.19 bits per heavy atom. The average molecular weight is 429 g/mol. The summed E-state index contributed by atoms with van der Waals surface area (Å²) in [6.07, 6.45) is 10.4. The zero-order valence-electron chi connectivity index (χ0n) is 18.1. The largest absolute Gasteiger partial charge is 0.393 e. The molecule has 2 fully saturated rings. The first-order chi connectivity index (χ1) is 14.9. The van der Waals surface area contributed by atoms with Gasteiger partial charge in [-0.15, -0.1) is 0 Å². The van der Waals surface area contributed by atoms with Crippen LogP contribution in [0.25, 0.3) is 0 Å². The lowest BCUT2D eigenvalue weighted by atomic mass is 9.79. The van der Waals surface area contributed by atoms with Crippen LogP contribution in [0.3, 0.4) is 0 Å². The van der Waals surface area contributed by atoms with E-state index in [-0.39, 0.29) is 41.5 Å². The second kappa shape index (κ2) is 9.49. The first-order valence-electron chi connectivity index (χ1n) is 11.5. The van der Waals surface area contributed by atoms with Crippen LogP contribution in [0, 0.1) is 11.7 Å². The van der Waals surface area contributed by atoms with Gasteiger partial charge in [0, 0.05) is 24.2 Å². The number of carbonyl (C=O) groups excluding carboxylic acids is 1. The molecule has 0 aromatic carbocycles. The molecule has 2 heterocycles. The lowest BCUT2D eigenvalue weighted by molar-refractivity contribution is 0.0958. The Bertz CT molecular complexity index is 876. The standard InChI is InChI=1S/C24H33FN4O2/c1-14-11-19(16-3-2-4-17(26)12-16)22(13-27-14)29-24(31)21-10-9-20(25)23(28-21)15-5-7-18(30)8-6-15/h9-11,13-18,27,30H,2-8,12,26H2,1H3,(H,29,31)/t14?,15?,16-,17+,18?/m1/s1. The molecule has 4 rings (SSSR count). The van der Waals surface area contributed by atoms with Gasteiger partial charge in [-0.3, -0.25) is 4.79 Å². The maximum Gasteiger partial charge on any atom is 0.274 e. The number of rotatable bonds is 4. The normalized spacial score (nSPS) is 31.3. The third kappa shape index (κ3) is 5.15. The van der Waals surface area contributed by atoms with Gasteiger partial charge in [0.25, 0.3) is 5.91 Å². The molecule has 1 aliphatic heterocycles. The van der Waals surface area contributed by atoms with Crippen molar-refractivity contribution in [2.24, 2.45) is 11.7 Å². The molecule has 2 aliphatic carbocycles. The fourth-order valence-corrected chi connectivity index (χ4v) is 5.09. The lowest BCUT2D eigenvalue weighted by Crippen LogP contribution is -2.36. The number of aliphatic hydroxyl groups excluding tert-OH is 1. The molecule has 168 valence electrons. The van der Waals surface area contributed by atoms with Gasteiger partial charge >= 0.3 is 0 Å². The third-order valence-corrected chi connectivity index (χ3v) is 6.82. The first kappa shape index (κ1) is 22.0. The van der Waals surface area contributed by atoms with E-state index >= 15 is 0 Å². The van der Waals surface area contributed by atoms with Crippen molar-refractivity contribution in [3.8, 4) is 0 Å². The minimum absolute atomic E-state index is 0.0632. The van der Waals surface area contributed by atoms with Crippen molar-refractivity contribution in [2.45, 2.75) is 82.4 Å². The predicted molar refractivity (Wildman–Crippen MR) is 118 cm³/mol. The van der Waals surface area contributed by atoms with E-state index in [2.05, 4.69) is 28.6 Å². The molecular formula is C24H33FN4O2. The fraction of sp³-hybridized carbons (Fsp3) is 0.583. The van der Waals surface area contributed by atoms with Gasteiger partial charge < -0.3 is 21.5 Å². The van der Waals surface area contributed by atoms with Gasteiger partial charge in [-0.1, -0.05) is 12.5 Å². The average Bonchev–Trinajstić information content (AvgIpc) is 2.76. The van der Waals surface area contributed by atoms with Crippen molar-refractivity contribution in [1.82, 2.24) is 15.6 Å². The van der Waals surface area contributed by atoms with E-state index in [4.69, 9.17) is 5.73 Å². The quantitative estimate of drug-likeness (QED) is 0.590. The molecule has 3 atom stereocenters. The Hall–Kier alpha value is -2.25. The van der Waals surface area contributed by atoms with Crippen molar-refractivity contribution in [2.75, 3.05) is 0 Å². The van der Waals surface area contributed by atoms with E-state index in [1.807, 2.05) is 6.20 Å². The van der Waals surface area contributed by atoms with E-state index in [1.165, 1.54) is 12.1 Å². The molecule has 2 saturated carbocycles. The van der Waals surface area contributed by atoms with Gasteiger partial charge in [-0.25, -0.2) is 9.37 Å². The summed E-state index contributed by atoms with van der Waals surface area (Å²) in [5.41, 5.74) is 8.61. The molecule has 3 aliphatic rings. The summed E-state index contributed by atoms with van der Waals surface area (Å²) in [4.78, 5) is 17.4. The predicted octanol–water partition coefficient (Wildman–Crippen LogP) is 3.25. The molecule has 1 aromatic rings. The zero-order chi connectivity index (χ0) is 22.0. The topological polar surface area (TPSA) is 100 Å². The Labute approximate surface area is 183 Å². The van der Waals surface area contributed by atoms with Crippen LogP contribution in [0.2, 0.25) is 0 Å². The highest BCUT2D eigenvalue weighted by Gasteiger charge is 2.29. The summed E-state index contributed by atoms with van der Waals surface area (Å²) in [7, 11) is 0. The highest BCUT2D eigenvalue weighted by atomic mass is 19.1. The second-order valence-corrected chi connectivity index (χ2v) is 9.28. The molecular weight excluding hydrogens is 395 g/mol. The number of hydrogen-bond acceptors (Lipinski definition) is 5. The molecule has 0 bridgehead atoms. The molecule has 1 amide bonds. The number of aliphatic hydroxyl groups is 1. The van der Waals surface area contributed by atoms with Crippen LogP contribution in [-0.4, -0.2) is 34.2 Å². The van der Waals surface area contributed by atoms with Gasteiger partial charge in [-0.05, 0) is 75.5 Å². The number of nitrogens with one attached hydrogen (secondary N) is 2. The molecule has 0 radical (unpaired) electrons. The van der Waals surface area contributed by atoms with Crippen LogP contribution in [0.4, 0.5) is 4.39 Å². The summed E-state index contributed by atoms with van der Waals surface area (Å²) in [6, 6.07) is 3.14. The first-order valence-corrected chi connectivity index (χ1v) is 11.5. The van der Waals surface area contributed by atoms with Crippen molar-refractivity contribution in [1.29, 1.82) is 0 Å². The molecule has 7 heteroatoms. The maximum atomic E-state index is 14.5. The summed E-state index contributed by atoms with van der Waals surface area (Å²) in [6.45, 7) is 2.08. The summed E-state index contributed by atoms with van der Waals surface area (Å²) < 4.78 is 14.5. The number of nitrogens with zero attached hydrogens (tertiary/aromatic N) is 1. The number of hydrogen-bond donors (Lipinski definition) is 4. The highest BCUT2D eigenvalue weighted by molar-refractivity contribution is 5.94. The van der Waals surface area contributed by atoms with Crippen molar-refractivity contribution in [3.63, 3.8) is 0 Å².